The van der Waals surface area contributed by atoms with Crippen LogP contribution in [-0.2, 0) is 17.5 Å². The molecule has 1 amide bonds. The highest BCUT2D eigenvalue weighted by Gasteiger charge is 2.32. The molecule has 1 unspecified atom stereocenters. The Kier molecular flexibility index (Phi) is 5.55. The Labute approximate surface area is 160 Å². The van der Waals surface area contributed by atoms with Crippen molar-refractivity contribution >= 4 is 5.91 Å². The van der Waals surface area contributed by atoms with Crippen molar-refractivity contribution in [3.63, 3.8) is 0 Å². The molecule has 0 saturated carbocycles. The predicted octanol–water partition coefficient (Wildman–Crippen LogP) is 2.89. The third kappa shape index (κ3) is 4.41. The lowest BCUT2D eigenvalue weighted by Crippen LogP contribution is -2.46. The topological polar surface area (TPSA) is 78.4 Å². The Morgan fingerprint density at radius 3 is 2.61 bits per heavy atom. The fraction of sp³-hybridized carbons (Fsp3) is 0.421. The van der Waals surface area contributed by atoms with Crippen LogP contribution in [0.2, 0.25) is 0 Å². The Bertz CT molecular complexity index is 845. The van der Waals surface area contributed by atoms with Crippen molar-refractivity contribution in [2.45, 2.75) is 38.5 Å². The highest BCUT2D eigenvalue weighted by molar-refractivity contribution is 5.76. The van der Waals surface area contributed by atoms with Gasteiger partial charge >= 0.3 is 6.18 Å². The number of amides is 1. The summed E-state index contributed by atoms with van der Waals surface area (Å²) in [6.07, 6.45) is -3.27. The van der Waals surface area contributed by atoms with Crippen LogP contribution in [0.1, 0.15) is 29.7 Å². The van der Waals surface area contributed by atoms with E-state index in [1.54, 1.807) is 24.1 Å². The molecular formula is C19H21F3N4O2. The van der Waals surface area contributed by atoms with Crippen molar-refractivity contribution in [3.05, 3.63) is 41.1 Å². The summed E-state index contributed by atoms with van der Waals surface area (Å²) in [4.78, 5) is 13.2. The first-order chi connectivity index (χ1) is 13.1. The van der Waals surface area contributed by atoms with E-state index in [4.69, 9.17) is 0 Å². The number of phenols is 1. The zero-order valence-electron chi connectivity index (χ0n) is 15.5. The number of hydrogen-bond donors (Lipinski definition) is 2. The molecule has 0 bridgehead atoms. The van der Waals surface area contributed by atoms with Gasteiger partial charge in [0.05, 0.1) is 17.0 Å². The quantitative estimate of drug-likeness (QED) is 0.834. The highest BCUT2D eigenvalue weighted by atomic mass is 19.4. The number of aryl methyl sites for hydroxylation is 1. The smallest absolute Gasteiger partial charge is 0.416 e. The van der Waals surface area contributed by atoms with Crippen molar-refractivity contribution in [1.82, 2.24) is 20.4 Å². The monoisotopic (exact) mass is 394 g/mol. The summed E-state index contributed by atoms with van der Waals surface area (Å²) in [7, 11) is 1.77. The fourth-order valence-electron chi connectivity index (χ4n) is 3.28. The normalized spacial score (nSPS) is 17.8. The number of aromatic nitrogens is 2. The van der Waals surface area contributed by atoms with Crippen LogP contribution in [-0.4, -0.2) is 45.7 Å². The van der Waals surface area contributed by atoms with Crippen LogP contribution in [0.3, 0.4) is 0 Å². The van der Waals surface area contributed by atoms with Gasteiger partial charge in [-0.25, -0.2) is 0 Å². The summed E-state index contributed by atoms with van der Waals surface area (Å²) in [5.74, 6) is -0.351. The number of carbonyl (C=O) groups is 1. The molecule has 28 heavy (non-hydrogen) atoms. The van der Waals surface area contributed by atoms with E-state index in [0.29, 0.717) is 37.0 Å². The maximum atomic E-state index is 12.9. The van der Waals surface area contributed by atoms with Crippen LogP contribution in [0.25, 0.3) is 11.3 Å². The van der Waals surface area contributed by atoms with E-state index in [-0.39, 0.29) is 23.1 Å². The van der Waals surface area contributed by atoms with E-state index in [1.165, 1.54) is 6.92 Å². The van der Waals surface area contributed by atoms with Gasteiger partial charge in [-0.3, -0.25) is 4.79 Å². The fourth-order valence-corrected chi connectivity index (χ4v) is 3.28. The number of hydrogen-bond acceptors (Lipinski definition) is 5. The number of nitrogens with zero attached hydrogens (tertiary/aromatic N) is 3. The van der Waals surface area contributed by atoms with Crippen LogP contribution in [0.15, 0.2) is 24.3 Å². The summed E-state index contributed by atoms with van der Waals surface area (Å²) < 4.78 is 38.6. The zero-order valence-corrected chi connectivity index (χ0v) is 15.5. The molecule has 1 saturated heterocycles. The third-order valence-electron chi connectivity index (χ3n) is 4.82. The number of rotatable bonds is 4. The number of likely N-dealkylation sites (N-methyl/N-ethyl adjacent to an activating group) is 1. The average molecular weight is 394 g/mol. The first-order valence-corrected chi connectivity index (χ1v) is 8.86. The molecule has 1 aromatic carbocycles. The van der Waals surface area contributed by atoms with Gasteiger partial charge in [0, 0.05) is 38.2 Å². The molecule has 0 spiro atoms. The number of phenolic OH excluding ortho intramolecular Hbond substituents is 1. The van der Waals surface area contributed by atoms with Gasteiger partial charge in [0.15, 0.2) is 0 Å². The lowest BCUT2D eigenvalue weighted by atomic mass is 10.0. The predicted molar refractivity (Wildman–Crippen MR) is 96.4 cm³/mol. The van der Waals surface area contributed by atoms with E-state index in [1.807, 2.05) is 0 Å². The minimum absolute atomic E-state index is 0.133. The van der Waals surface area contributed by atoms with Crippen LogP contribution >= 0.6 is 0 Å². The lowest BCUT2D eigenvalue weighted by Gasteiger charge is -2.30. The molecule has 0 radical (unpaired) electrons. The molecular weight excluding hydrogens is 373 g/mol. The largest absolute Gasteiger partial charge is 0.507 e. The molecule has 1 aromatic heterocycles. The maximum absolute atomic E-state index is 12.9. The molecule has 3 rings (SSSR count). The second-order valence-electron chi connectivity index (χ2n) is 6.99. The van der Waals surface area contributed by atoms with Gasteiger partial charge in [-0.1, -0.05) is 0 Å². The lowest BCUT2D eigenvalue weighted by molar-refractivity contribution is -0.137. The van der Waals surface area contributed by atoms with Crippen molar-refractivity contribution in [2.24, 2.45) is 0 Å². The van der Waals surface area contributed by atoms with Crippen LogP contribution < -0.4 is 5.32 Å². The van der Waals surface area contributed by atoms with Crippen LogP contribution in [0.4, 0.5) is 13.2 Å². The van der Waals surface area contributed by atoms with E-state index in [9.17, 15) is 23.1 Å². The van der Waals surface area contributed by atoms with Gasteiger partial charge in [0.25, 0.3) is 0 Å². The number of aromatic hydroxyl groups is 1. The minimum Gasteiger partial charge on any atom is -0.507 e. The summed E-state index contributed by atoms with van der Waals surface area (Å²) in [5, 5.41) is 21.5. The summed E-state index contributed by atoms with van der Waals surface area (Å²) in [5.41, 5.74) is 0.550. The zero-order chi connectivity index (χ0) is 20.5. The van der Waals surface area contributed by atoms with Gasteiger partial charge in [-0.15, -0.1) is 0 Å². The van der Waals surface area contributed by atoms with Gasteiger partial charge in [0.1, 0.15) is 5.75 Å². The number of likely N-dealkylation sites (tertiary alicyclic amines) is 1. The first kappa shape index (κ1) is 20.1. The molecule has 2 aromatic rings. The Morgan fingerprint density at radius 1 is 1.29 bits per heavy atom. The molecule has 9 heteroatoms. The molecule has 1 aliphatic heterocycles. The highest BCUT2D eigenvalue weighted by Crippen LogP contribution is 2.38. The molecule has 6 nitrogen and oxygen atoms in total. The van der Waals surface area contributed by atoms with Crippen molar-refractivity contribution in [3.8, 4) is 17.0 Å². The molecule has 150 valence electrons. The number of benzene rings is 1. The molecule has 1 aliphatic rings. The SMILES string of the molecule is Cc1cc(C(F)(F)F)cc(O)c1-c1ccc(CNC2CCC(=O)N(C)C2)nn1. The summed E-state index contributed by atoms with van der Waals surface area (Å²) in [6.45, 7) is 2.57. The molecule has 2 N–H and O–H groups in total. The van der Waals surface area contributed by atoms with E-state index < -0.39 is 17.5 Å². The van der Waals surface area contributed by atoms with Crippen molar-refractivity contribution in [2.75, 3.05) is 13.6 Å². The van der Waals surface area contributed by atoms with Gasteiger partial charge in [-0.2, -0.15) is 23.4 Å². The standard InChI is InChI=1S/C19H21F3N4O2/c1-11-7-12(19(20,21)22)8-16(27)18(11)15-5-3-13(24-25-15)9-23-14-4-6-17(28)26(2)10-14/h3,5,7-8,14,23,27H,4,6,9-10H2,1-2H3. The Morgan fingerprint density at radius 2 is 2.04 bits per heavy atom. The first-order valence-electron chi connectivity index (χ1n) is 8.86. The molecule has 0 aliphatic carbocycles. The van der Waals surface area contributed by atoms with E-state index in [0.717, 1.165) is 12.5 Å². The van der Waals surface area contributed by atoms with Crippen LogP contribution in [0, 0.1) is 6.92 Å². The van der Waals surface area contributed by atoms with Gasteiger partial charge < -0.3 is 15.3 Å². The van der Waals surface area contributed by atoms with Gasteiger partial charge in [0.2, 0.25) is 5.91 Å². The Balaban J connectivity index is 1.70. The second kappa shape index (κ2) is 7.75. The van der Waals surface area contributed by atoms with Gasteiger partial charge in [-0.05, 0) is 43.2 Å². The Hall–Kier alpha value is -2.68. The average Bonchev–Trinajstić information content (AvgIpc) is 2.62. The number of carbonyl (C=O) groups excluding carboxylic acids is 1. The minimum atomic E-state index is -4.53. The number of piperidine rings is 1. The van der Waals surface area contributed by atoms with E-state index >= 15 is 0 Å². The molecule has 2 heterocycles. The van der Waals surface area contributed by atoms with E-state index in [2.05, 4.69) is 15.5 Å². The van der Waals surface area contributed by atoms with Crippen LogP contribution in [0.5, 0.6) is 5.75 Å². The third-order valence-corrected chi connectivity index (χ3v) is 4.82. The number of alkyl halides is 3. The van der Waals surface area contributed by atoms with Crippen molar-refractivity contribution in [1.29, 1.82) is 0 Å². The molecule has 1 fully saturated rings. The number of nitrogens with one attached hydrogen (secondary N) is 1. The maximum Gasteiger partial charge on any atom is 0.416 e. The summed E-state index contributed by atoms with van der Waals surface area (Å²) in [6, 6.07) is 5.18. The van der Waals surface area contributed by atoms with Crippen molar-refractivity contribution < 1.29 is 23.1 Å². The second-order valence-corrected chi connectivity index (χ2v) is 6.99. The number of halogens is 3. The summed E-state index contributed by atoms with van der Waals surface area (Å²) >= 11 is 0. The molecule has 1 atom stereocenters.